The van der Waals surface area contributed by atoms with E-state index in [2.05, 4.69) is 25.9 Å². The van der Waals surface area contributed by atoms with E-state index >= 15 is 0 Å². The Morgan fingerprint density at radius 2 is 2.03 bits per heavy atom. The highest BCUT2D eigenvalue weighted by Crippen LogP contribution is 2.39. The van der Waals surface area contributed by atoms with Gasteiger partial charge in [0.15, 0.2) is 0 Å². The van der Waals surface area contributed by atoms with Gasteiger partial charge in [0.25, 0.3) is 0 Å². The van der Waals surface area contributed by atoms with Crippen molar-refractivity contribution in [2.45, 2.75) is 26.7 Å². The maximum Gasteiger partial charge on any atom is 0.337 e. The number of para-hydroxylation sites is 1. The molecule has 0 aliphatic carbocycles. The van der Waals surface area contributed by atoms with Gasteiger partial charge in [-0.1, -0.05) is 29.8 Å². The van der Waals surface area contributed by atoms with E-state index in [1.807, 2.05) is 59.7 Å². The highest BCUT2D eigenvalue weighted by atomic mass is 35.5. The van der Waals surface area contributed by atoms with Crippen LogP contribution in [0.1, 0.15) is 28.5 Å². The van der Waals surface area contributed by atoms with Gasteiger partial charge in [-0.3, -0.25) is 0 Å². The topological polar surface area (TPSA) is 121 Å². The van der Waals surface area contributed by atoms with Crippen molar-refractivity contribution in [3.05, 3.63) is 70.4 Å². The Balaban J connectivity index is 1.48. The van der Waals surface area contributed by atoms with Crippen LogP contribution in [-0.2, 0) is 11.3 Å². The lowest BCUT2D eigenvalue weighted by Crippen LogP contribution is -2.38. The number of benzene rings is 2. The van der Waals surface area contributed by atoms with Crippen molar-refractivity contribution in [2.24, 2.45) is 0 Å². The highest BCUT2D eigenvalue weighted by Gasteiger charge is 2.33. The fraction of sp³-hybridized carbons (Fsp3) is 0.217. The zero-order valence-corrected chi connectivity index (χ0v) is 19.2. The Labute approximate surface area is 200 Å². The summed E-state index contributed by atoms with van der Waals surface area (Å²) in [7, 11) is 0. The minimum absolute atomic E-state index is 0.228. The molecule has 0 saturated carbocycles. The molecule has 11 heteroatoms. The monoisotopic (exact) mass is 479 g/mol. The number of hydrogen-bond donors (Lipinski definition) is 3. The van der Waals surface area contributed by atoms with Gasteiger partial charge in [0, 0.05) is 24.5 Å². The Morgan fingerprint density at radius 3 is 2.71 bits per heavy atom. The first-order valence-corrected chi connectivity index (χ1v) is 11.1. The smallest absolute Gasteiger partial charge is 0.337 e. The van der Waals surface area contributed by atoms with Crippen LogP contribution in [0.2, 0.25) is 5.02 Å². The predicted molar refractivity (Wildman–Crippen MR) is 127 cm³/mol. The molecule has 2 aromatic carbocycles. The Bertz CT molecular complexity index is 1340. The fourth-order valence-corrected chi connectivity index (χ4v) is 4.40. The second-order valence-electron chi connectivity index (χ2n) is 7.79. The zero-order valence-electron chi connectivity index (χ0n) is 18.5. The third kappa shape index (κ3) is 3.76. The summed E-state index contributed by atoms with van der Waals surface area (Å²) in [5.41, 5.74) is 5.04. The molecular weight excluding hydrogens is 458 g/mol. The van der Waals surface area contributed by atoms with Crippen LogP contribution in [0.15, 0.2) is 48.5 Å². The maximum absolute atomic E-state index is 11.9. The van der Waals surface area contributed by atoms with Crippen molar-refractivity contribution in [3.8, 4) is 17.2 Å². The second kappa shape index (κ2) is 8.81. The molecule has 0 saturated heterocycles. The number of nitrogens with one attached hydrogen (secondary N) is 2. The molecule has 5 rings (SSSR count). The number of aromatic nitrogens is 5. The first-order valence-electron chi connectivity index (χ1n) is 10.7. The van der Waals surface area contributed by atoms with Crippen molar-refractivity contribution in [2.75, 3.05) is 16.8 Å². The number of carboxylic acid groups (broad SMARTS) is 1. The standard InChI is InChI=1S/C23H22ClN7O3/c1-3-34-23-25-18-6-4-5-16(22(32)33)20(18)30(23)12-14-7-9-15(10-8-14)31-13(2)17(24)11-19(31)21-26-28-29-27-21/h4-11,23,25H,3,12H2,1-2H3,(H,32,33)(H,26,27,28,29). The number of carbonyl (C=O) groups is 1. The van der Waals surface area contributed by atoms with Crippen LogP contribution in [0.4, 0.5) is 11.4 Å². The molecule has 0 amide bonds. The lowest BCUT2D eigenvalue weighted by molar-refractivity contribution is 0.0694. The van der Waals surface area contributed by atoms with Crippen LogP contribution in [0.3, 0.4) is 0 Å². The molecule has 4 aromatic rings. The average molecular weight is 480 g/mol. The summed E-state index contributed by atoms with van der Waals surface area (Å²) in [4.78, 5) is 13.8. The van der Waals surface area contributed by atoms with Crippen molar-refractivity contribution in [1.29, 1.82) is 0 Å². The number of hydrogen-bond acceptors (Lipinski definition) is 7. The first-order chi connectivity index (χ1) is 16.5. The fourth-order valence-electron chi connectivity index (χ4n) is 4.21. The summed E-state index contributed by atoms with van der Waals surface area (Å²) in [6.07, 6.45) is -0.462. The molecule has 3 N–H and O–H groups in total. The molecule has 0 radical (unpaired) electrons. The van der Waals surface area contributed by atoms with Crippen LogP contribution < -0.4 is 10.2 Å². The summed E-state index contributed by atoms with van der Waals surface area (Å²) in [6.45, 7) is 4.77. The van der Waals surface area contributed by atoms with Crippen molar-refractivity contribution >= 4 is 28.9 Å². The van der Waals surface area contributed by atoms with Crippen molar-refractivity contribution < 1.29 is 14.6 Å². The zero-order chi connectivity index (χ0) is 23.8. The SMILES string of the molecule is CCOC1Nc2cccc(C(=O)O)c2N1Cc1ccc(-n2c(-c3nn[nH]n3)cc(Cl)c2C)cc1. The van der Waals surface area contributed by atoms with Gasteiger partial charge in [-0.2, -0.15) is 5.21 Å². The van der Waals surface area contributed by atoms with E-state index in [9.17, 15) is 9.90 Å². The Kier molecular flexibility index (Phi) is 5.68. The molecule has 1 aliphatic rings. The minimum Gasteiger partial charge on any atom is -0.478 e. The molecule has 174 valence electrons. The van der Waals surface area contributed by atoms with E-state index in [-0.39, 0.29) is 5.56 Å². The maximum atomic E-state index is 11.9. The average Bonchev–Trinajstić information content (AvgIpc) is 3.54. The molecule has 1 aliphatic heterocycles. The predicted octanol–water partition coefficient (Wildman–Crippen LogP) is 4.07. The van der Waals surface area contributed by atoms with E-state index in [0.717, 1.165) is 28.3 Å². The second-order valence-corrected chi connectivity index (χ2v) is 8.19. The van der Waals surface area contributed by atoms with Gasteiger partial charge in [-0.15, -0.1) is 10.2 Å². The van der Waals surface area contributed by atoms with E-state index in [4.69, 9.17) is 16.3 Å². The summed E-state index contributed by atoms with van der Waals surface area (Å²) in [6, 6.07) is 14.9. The summed E-state index contributed by atoms with van der Waals surface area (Å²) in [5.74, 6) is -0.537. The summed E-state index contributed by atoms with van der Waals surface area (Å²) in [5, 5.41) is 27.9. The molecule has 3 heterocycles. The number of anilines is 2. The van der Waals surface area contributed by atoms with Gasteiger partial charge in [-0.25, -0.2) is 4.79 Å². The lowest BCUT2D eigenvalue weighted by Gasteiger charge is -2.27. The molecule has 10 nitrogen and oxygen atoms in total. The molecule has 2 aromatic heterocycles. The van der Waals surface area contributed by atoms with E-state index in [1.165, 1.54) is 0 Å². The van der Waals surface area contributed by atoms with Crippen LogP contribution in [-0.4, -0.2) is 49.2 Å². The summed E-state index contributed by atoms with van der Waals surface area (Å²) < 4.78 is 7.82. The molecule has 0 fully saturated rings. The van der Waals surface area contributed by atoms with Gasteiger partial charge in [0.05, 0.1) is 27.7 Å². The number of carboxylic acids is 1. The van der Waals surface area contributed by atoms with Gasteiger partial charge in [0.1, 0.15) is 0 Å². The van der Waals surface area contributed by atoms with E-state index < -0.39 is 12.3 Å². The first kappa shape index (κ1) is 21.9. The Hall–Kier alpha value is -3.89. The van der Waals surface area contributed by atoms with Gasteiger partial charge in [0.2, 0.25) is 12.2 Å². The van der Waals surface area contributed by atoms with Gasteiger partial charge >= 0.3 is 5.97 Å². The number of aromatic amines is 1. The van der Waals surface area contributed by atoms with Crippen molar-refractivity contribution in [1.82, 2.24) is 25.2 Å². The molecule has 1 unspecified atom stereocenters. The van der Waals surface area contributed by atoms with Crippen LogP contribution >= 0.6 is 11.6 Å². The third-order valence-corrected chi connectivity index (χ3v) is 6.13. The molecule has 0 bridgehead atoms. The van der Waals surface area contributed by atoms with Gasteiger partial charge < -0.3 is 24.6 Å². The largest absolute Gasteiger partial charge is 0.478 e. The molecule has 1 atom stereocenters. The van der Waals surface area contributed by atoms with Crippen LogP contribution in [0.25, 0.3) is 17.2 Å². The summed E-state index contributed by atoms with van der Waals surface area (Å²) >= 11 is 6.40. The quantitative estimate of drug-likeness (QED) is 0.362. The van der Waals surface area contributed by atoms with Crippen LogP contribution in [0.5, 0.6) is 0 Å². The van der Waals surface area contributed by atoms with Crippen LogP contribution in [0, 0.1) is 6.92 Å². The molecule has 0 spiro atoms. The number of fused-ring (bicyclic) bond motifs is 1. The molecule has 34 heavy (non-hydrogen) atoms. The number of aromatic carboxylic acids is 1. The number of ether oxygens (including phenoxy) is 1. The Morgan fingerprint density at radius 1 is 1.24 bits per heavy atom. The van der Waals surface area contributed by atoms with E-state index in [0.29, 0.717) is 29.7 Å². The normalized spacial score (nSPS) is 14.8. The van der Waals surface area contributed by atoms with Gasteiger partial charge in [-0.05, 0) is 55.0 Å². The van der Waals surface area contributed by atoms with E-state index in [1.54, 1.807) is 12.1 Å². The number of nitrogens with zero attached hydrogens (tertiary/aromatic N) is 5. The number of H-pyrrole nitrogens is 1. The highest BCUT2D eigenvalue weighted by molar-refractivity contribution is 6.31. The minimum atomic E-state index is -0.981. The third-order valence-electron chi connectivity index (χ3n) is 5.75. The number of halogens is 1. The lowest BCUT2D eigenvalue weighted by atomic mass is 10.1. The van der Waals surface area contributed by atoms with Crippen molar-refractivity contribution in [3.63, 3.8) is 0 Å². The number of tetrazole rings is 1. The molecular formula is C23H22ClN7O3. The number of rotatable bonds is 7.